The van der Waals surface area contributed by atoms with Gasteiger partial charge in [-0.1, -0.05) is 6.42 Å². The molecule has 4 saturated carbocycles. The summed E-state index contributed by atoms with van der Waals surface area (Å²) in [7, 11) is 0. The van der Waals surface area contributed by atoms with Crippen LogP contribution in [0.4, 0.5) is 0 Å². The maximum absolute atomic E-state index is 6.07. The van der Waals surface area contributed by atoms with Crippen LogP contribution in [0.2, 0.25) is 0 Å². The van der Waals surface area contributed by atoms with Crippen LogP contribution in [0.15, 0.2) is 0 Å². The molecule has 4 bridgehead atoms. The highest BCUT2D eigenvalue weighted by Crippen LogP contribution is 2.58. The summed E-state index contributed by atoms with van der Waals surface area (Å²) in [6.07, 6.45) is 13.4. The van der Waals surface area contributed by atoms with Gasteiger partial charge in [0.25, 0.3) is 0 Å². The van der Waals surface area contributed by atoms with E-state index in [0.717, 1.165) is 24.3 Å². The van der Waals surface area contributed by atoms with E-state index in [0.29, 0.717) is 11.6 Å². The zero-order chi connectivity index (χ0) is 12.2. The summed E-state index contributed by atoms with van der Waals surface area (Å²) in [5.74, 6) is 3.20. The van der Waals surface area contributed by atoms with Gasteiger partial charge in [0.2, 0.25) is 0 Å². The molecule has 0 amide bonds. The highest BCUT2D eigenvalue weighted by molar-refractivity contribution is 5.09. The summed E-state index contributed by atoms with van der Waals surface area (Å²) in [6, 6.07) is 0.704. The first-order chi connectivity index (χ1) is 8.79. The maximum Gasteiger partial charge on any atom is 0.0223 e. The molecule has 1 heterocycles. The van der Waals surface area contributed by atoms with Crippen LogP contribution in [0.5, 0.6) is 0 Å². The van der Waals surface area contributed by atoms with Gasteiger partial charge in [0.15, 0.2) is 0 Å². The Balaban J connectivity index is 1.62. The van der Waals surface area contributed by atoms with Crippen molar-refractivity contribution in [2.45, 2.75) is 69.4 Å². The Bertz CT molecular complexity index is 290. The summed E-state index contributed by atoms with van der Waals surface area (Å²) in [6.45, 7) is 2.23. The molecular weight excluding hydrogens is 220 g/mol. The fraction of sp³-hybridized carbons (Fsp3) is 1.00. The van der Waals surface area contributed by atoms with Crippen LogP contribution in [0.25, 0.3) is 0 Å². The summed E-state index contributed by atoms with van der Waals surface area (Å²) >= 11 is 0. The molecule has 2 heteroatoms. The SMILES string of the molecule is NCC1CCCCN1C12CC3CC(CC(C3)C1)C2. The predicted octanol–water partition coefficient (Wildman–Crippen LogP) is 2.77. The van der Waals surface area contributed by atoms with E-state index in [1.165, 1.54) is 45.1 Å². The molecule has 4 aliphatic carbocycles. The second-order valence-corrected chi connectivity index (χ2v) is 7.72. The van der Waals surface area contributed by atoms with Crippen LogP contribution in [-0.4, -0.2) is 29.6 Å². The molecule has 1 unspecified atom stereocenters. The lowest BCUT2D eigenvalue weighted by molar-refractivity contribution is -0.111. The molecule has 0 radical (unpaired) electrons. The van der Waals surface area contributed by atoms with E-state index < -0.39 is 0 Å². The van der Waals surface area contributed by atoms with Crippen LogP contribution in [0.1, 0.15) is 57.8 Å². The molecule has 5 rings (SSSR count). The number of piperidine rings is 1. The zero-order valence-corrected chi connectivity index (χ0v) is 11.6. The topological polar surface area (TPSA) is 29.3 Å². The third kappa shape index (κ3) is 1.68. The first kappa shape index (κ1) is 11.7. The maximum atomic E-state index is 6.07. The molecule has 0 aromatic heterocycles. The van der Waals surface area contributed by atoms with Crippen molar-refractivity contribution in [2.24, 2.45) is 23.5 Å². The summed E-state index contributed by atoms with van der Waals surface area (Å²) in [4.78, 5) is 2.90. The lowest BCUT2D eigenvalue weighted by Crippen LogP contribution is -2.64. The van der Waals surface area contributed by atoms with Crippen molar-refractivity contribution < 1.29 is 0 Å². The molecular formula is C16H28N2. The number of rotatable bonds is 2. The number of nitrogens with zero attached hydrogens (tertiary/aromatic N) is 1. The second-order valence-electron chi connectivity index (χ2n) is 7.72. The van der Waals surface area contributed by atoms with E-state index in [-0.39, 0.29) is 0 Å². The van der Waals surface area contributed by atoms with Crippen molar-refractivity contribution >= 4 is 0 Å². The molecule has 5 aliphatic rings. The molecule has 1 saturated heterocycles. The fourth-order valence-corrected chi connectivity index (χ4v) is 6.29. The quantitative estimate of drug-likeness (QED) is 0.814. The van der Waals surface area contributed by atoms with E-state index in [1.54, 1.807) is 19.3 Å². The number of nitrogens with two attached hydrogens (primary N) is 1. The van der Waals surface area contributed by atoms with Crippen molar-refractivity contribution in [1.82, 2.24) is 4.90 Å². The van der Waals surface area contributed by atoms with Gasteiger partial charge in [0, 0.05) is 18.1 Å². The molecule has 2 nitrogen and oxygen atoms in total. The number of hydrogen-bond donors (Lipinski definition) is 1. The third-order valence-electron chi connectivity index (χ3n) is 6.51. The van der Waals surface area contributed by atoms with Crippen LogP contribution >= 0.6 is 0 Å². The van der Waals surface area contributed by atoms with Gasteiger partial charge >= 0.3 is 0 Å². The van der Waals surface area contributed by atoms with Gasteiger partial charge in [-0.3, -0.25) is 4.90 Å². The normalized spacial score (nSPS) is 51.8. The van der Waals surface area contributed by atoms with Crippen molar-refractivity contribution in [2.75, 3.05) is 13.1 Å². The molecule has 0 aromatic rings. The zero-order valence-electron chi connectivity index (χ0n) is 11.6. The van der Waals surface area contributed by atoms with Gasteiger partial charge in [-0.2, -0.15) is 0 Å². The number of hydrogen-bond acceptors (Lipinski definition) is 2. The Morgan fingerprint density at radius 3 is 2.11 bits per heavy atom. The minimum Gasteiger partial charge on any atom is -0.329 e. The van der Waals surface area contributed by atoms with Gasteiger partial charge in [-0.05, 0) is 75.7 Å². The Morgan fingerprint density at radius 2 is 1.56 bits per heavy atom. The van der Waals surface area contributed by atoms with Gasteiger partial charge in [-0.25, -0.2) is 0 Å². The van der Waals surface area contributed by atoms with E-state index in [9.17, 15) is 0 Å². The van der Waals surface area contributed by atoms with Crippen LogP contribution in [-0.2, 0) is 0 Å². The fourth-order valence-electron chi connectivity index (χ4n) is 6.29. The van der Waals surface area contributed by atoms with E-state index in [1.807, 2.05) is 0 Å². The molecule has 1 aliphatic heterocycles. The molecule has 5 fully saturated rings. The van der Waals surface area contributed by atoms with Crippen LogP contribution < -0.4 is 5.73 Å². The molecule has 2 N–H and O–H groups in total. The summed E-state index contributed by atoms with van der Waals surface area (Å²) in [5.41, 5.74) is 6.67. The minimum atomic E-state index is 0.596. The highest BCUT2D eigenvalue weighted by atomic mass is 15.2. The third-order valence-corrected chi connectivity index (χ3v) is 6.51. The van der Waals surface area contributed by atoms with Crippen LogP contribution in [0.3, 0.4) is 0 Å². The van der Waals surface area contributed by atoms with E-state index in [2.05, 4.69) is 4.90 Å². The molecule has 102 valence electrons. The Morgan fingerprint density at radius 1 is 0.944 bits per heavy atom. The van der Waals surface area contributed by atoms with Crippen molar-refractivity contribution in [3.05, 3.63) is 0 Å². The monoisotopic (exact) mass is 248 g/mol. The van der Waals surface area contributed by atoms with Crippen molar-refractivity contribution in [3.63, 3.8) is 0 Å². The lowest BCUT2D eigenvalue weighted by Gasteiger charge is -2.62. The Kier molecular flexibility index (Phi) is 2.74. The van der Waals surface area contributed by atoms with E-state index >= 15 is 0 Å². The lowest BCUT2D eigenvalue weighted by atomic mass is 9.52. The Labute approximate surface area is 111 Å². The molecule has 1 atom stereocenters. The Hall–Kier alpha value is -0.0800. The summed E-state index contributed by atoms with van der Waals surface area (Å²) < 4.78 is 0. The number of likely N-dealkylation sites (tertiary alicyclic amines) is 1. The van der Waals surface area contributed by atoms with Gasteiger partial charge in [-0.15, -0.1) is 0 Å². The minimum absolute atomic E-state index is 0.596. The van der Waals surface area contributed by atoms with E-state index in [4.69, 9.17) is 5.73 Å². The predicted molar refractivity (Wildman–Crippen MR) is 74.3 cm³/mol. The first-order valence-electron chi connectivity index (χ1n) is 8.26. The summed E-state index contributed by atoms with van der Waals surface area (Å²) in [5, 5.41) is 0. The standard InChI is InChI=1S/C16H28N2/c17-11-15-3-1-2-4-18(15)16-8-12-5-13(9-16)7-14(6-12)10-16/h12-15H,1-11,17H2. The molecule has 18 heavy (non-hydrogen) atoms. The highest BCUT2D eigenvalue weighted by Gasteiger charge is 2.54. The van der Waals surface area contributed by atoms with Crippen molar-refractivity contribution in [1.29, 1.82) is 0 Å². The van der Waals surface area contributed by atoms with Gasteiger partial charge in [0.1, 0.15) is 0 Å². The molecule has 0 spiro atoms. The van der Waals surface area contributed by atoms with Gasteiger partial charge in [0.05, 0.1) is 0 Å². The second kappa shape index (κ2) is 4.21. The average Bonchev–Trinajstić information content (AvgIpc) is 2.37. The van der Waals surface area contributed by atoms with Gasteiger partial charge < -0.3 is 5.73 Å². The first-order valence-corrected chi connectivity index (χ1v) is 8.26. The van der Waals surface area contributed by atoms with Crippen LogP contribution in [0, 0.1) is 17.8 Å². The smallest absolute Gasteiger partial charge is 0.0223 e. The van der Waals surface area contributed by atoms with Crippen molar-refractivity contribution in [3.8, 4) is 0 Å². The molecule has 0 aromatic carbocycles. The largest absolute Gasteiger partial charge is 0.329 e. The average molecular weight is 248 g/mol.